The Balaban J connectivity index is 1.98. The minimum absolute atomic E-state index is 0.169. The number of carbonyl (C=O) groups is 1. The normalized spacial score (nSPS) is 22.2. The monoisotopic (exact) mass is 302 g/mol. The number of nitrogens with two attached hydrogens (primary N) is 1. The zero-order chi connectivity index (χ0) is 16.1. The van der Waals surface area contributed by atoms with E-state index in [1.807, 2.05) is 42.2 Å². The van der Waals surface area contributed by atoms with Crippen LogP contribution in [-0.4, -0.2) is 23.9 Å². The van der Waals surface area contributed by atoms with Crippen LogP contribution in [0.5, 0.6) is 0 Å². The maximum Gasteiger partial charge on any atom is 0.227 e. The van der Waals surface area contributed by atoms with Gasteiger partial charge >= 0.3 is 0 Å². The van der Waals surface area contributed by atoms with Crippen LogP contribution in [0.25, 0.3) is 0 Å². The van der Waals surface area contributed by atoms with E-state index < -0.39 is 0 Å². The fourth-order valence-corrected chi connectivity index (χ4v) is 3.41. The summed E-state index contributed by atoms with van der Waals surface area (Å²) in [5, 5.41) is 0. The van der Waals surface area contributed by atoms with Gasteiger partial charge in [0, 0.05) is 19.1 Å². The summed E-state index contributed by atoms with van der Waals surface area (Å²) >= 11 is 0. The highest BCUT2D eigenvalue weighted by Crippen LogP contribution is 2.27. The molecule has 1 aliphatic heterocycles. The van der Waals surface area contributed by atoms with Gasteiger partial charge in [-0.05, 0) is 36.7 Å². The van der Waals surface area contributed by atoms with Crippen molar-refractivity contribution in [1.29, 1.82) is 0 Å². The highest BCUT2D eigenvalue weighted by molar-refractivity contribution is 5.79. The molecule has 0 radical (unpaired) electrons. The number of rotatable bonds is 4. The van der Waals surface area contributed by atoms with Gasteiger partial charge in [0.2, 0.25) is 5.91 Å². The standard InChI is InChI=1S/C19H30N2O/c1-14(2)16-10-7-12-21(13-11-16)19(22)15(3)18(20)17-8-5-4-6-9-17/h4-6,8-9,14-16,18H,7,10-13,20H2,1-3H3. The number of nitrogens with zero attached hydrogens (tertiary/aromatic N) is 1. The average Bonchev–Trinajstić information content (AvgIpc) is 2.79. The molecule has 3 nitrogen and oxygen atoms in total. The molecule has 0 aliphatic carbocycles. The van der Waals surface area contributed by atoms with Gasteiger partial charge in [0.05, 0.1) is 5.92 Å². The number of likely N-dealkylation sites (tertiary alicyclic amines) is 1. The van der Waals surface area contributed by atoms with Crippen molar-refractivity contribution < 1.29 is 4.79 Å². The summed E-state index contributed by atoms with van der Waals surface area (Å²) in [5.74, 6) is 1.49. The van der Waals surface area contributed by atoms with Crippen molar-refractivity contribution in [1.82, 2.24) is 4.90 Å². The second-order valence-electron chi connectivity index (χ2n) is 6.99. The molecule has 1 aromatic carbocycles. The summed E-state index contributed by atoms with van der Waals surface area (Å²) in [5.41, 5.74) is 7.35. The molecule has 1 saturated heterocycles. The molecule has 2 N–H and O–H groups in total. The first-order valence-electron chi connectivity index (χ1n) is 8.60. The molecule has 1 aliphatic rings. The van der Waals surface area contributed by atoms with Gasteiger partial charge in [-0.15, -0.1) is 0 Å². The predicted octanol–water partition coefficient (Wildman–Crippen LogP) is 3.61. The highest BCUT2D eigenvalue weighted by atomic mass is 16.2. The molecule has 2 rings (SSSR count). The Kier molecular flexibility index (Phi) is 6.01. The van der Waals surface area contributed by atoms with E-state index in [4.69, 9.17) is 5.73 Å². The molecule has 0 aromatic heterocycles. The molecule has 122 valence electrons. The van der Waals surface area contributed by atoms with E-state index in [0.717, 1.165) is 37.4 Å². The lowest BCUT2D eigenvalue weighted by molar-refractivity contribution is -0.135. The van der Waals surface area contributed by atoms with E-state index in [0.29, 0.717) is 5.92 Å². The molecule has 3 unspecified atom stereocenters. The Labute approximate surface area is 134 Å². The zero-order valence-electron chi connectivity index (χ0n) is 14.2. The van der Waals surface area contributed by atoms with Crippen molar-refractivity contribution in [3.05, 3.63) is 35.9 Å². The summed E-state index contributed by atoms with van der Waals surface area (Å²) in [6, 6.07) is 9.72. The van der Waals surface area contributed by atoms with E-state index in [1.54, 1.807) is 0 Å². The van der Waals surface area contributed by atoms with Crippen molar-refractivity contribution in [2.75, 3.05) is 13.1 Å². The summed E-state index contributed by atoms with van der Waals surface area (Å²) < 4.78 is 0. The van der Waals surface area contributed by atoms with Crippen molar-refractivity contribution in [3.63, 3.8) is 0 Å². The Morgan fingerprint density at radius 3 is 2.45 bits per heavy atom. The van der Waals surface area contributed by atoms with Crippen LogP contribution in [0, 0.1) is 17.8 Å². The Morgan fingerprint density at radius 1 is 1.14 bits per heavy atom. The minimum atomic E-state index is -0.224. The van der Waals surface area contributed by atoms with Crippen molar-refractivity contribution in [2.24, 2.45) is 23.5 Å². The van der Waals surface area contributed by atoms with Gasteiger partial charge in [0.15, 0.2) is 0 Å². The quantitative estimate of drug-likeness (QED) is 0.923. The van der Waals surface area contributed by atoms with E-state index in [-0.39, 0.29) is 17.9 Å². The molecule has 3 heteroatoms. The molecule has 1 amide bonds. The maximum atomic E-state index is 12.8. The molecule has 1 fully saturated rings. The molecule has 22 heavy (non-hydrogen) atoms. The SMILES string of the molecule is CC(C)C1CCCN(C(=O)C(C)C(N)c2ccccc2)CC1. The number of hydrogen-bond acceptors (Lipinski definition) is 2. The van der Waals surface area contributed by atoms with Crippen molar-refractivity contribution in [2.45, 2.75) is 46.1 Å². The lowest BCUT2D eigenvalue weighted by Crippen LogP contribution is -2.40. The third kappa shape index (κ3) is 4.10. The van der Waals surface area contributed by atoms with E-state index in [2.05, 4.69) is 13.8 Å². The van der Waals surface area contributed by atoms with Gasteiger partial charge in [-0.3, -0.25) is 4.79 Å². The summed E-state index contributed by atoms with van der Waals surface area (Å²) in [4.78, 5) is 14.8. The number of hydrogen-bond donors (Lipinski definition) is 1. The third-order valence-corrected chi connectivity index (χ3v) is 5.14. The molecular weight excluding hydrogens is 272 g/mol. The summed E-state index contributed by atoms with van der Waals surface area (Å²) in [6.45, 7) is 8.30. The predicted molar refractivity (Wildman–Crippen MR) is 91.3 cm³/mol. The van der Waals surface area contributed by atoms with Crippen LogP contribution in [0.15, 0.2) is 30.3 Å². The van der Waals surface area contributed by atoms with E-state index in [1.165, 1.54) is 6.42 Å². The van der Waals surface area contributed by atoms with Gasteiger partial charge in [-0.1, -0.05) is 51.1 Å². The summed E-state index contributed by atoms with van der Waals surface area (Å²) in [6.07, 6.45) is 3.47. The first-order valence-corrected chi connectivity index (χ1v) is 8.60. The smallest absolute Gasteiger partial charge is 0.227 e. The second-order valence-corrected chi connectivity index (χ2v) is 6.99. The van der Waals surface area contributed by atoms with Crippen LogP contribution in [0.3, 0.4) is 0 Å². The molecule has 0 saturated carbocycles. The summed E-state index contributed by atoms with van der Waals surface area (Å²) in [7, 11) is 0. The Morgan fingerprint density at radius 2 is 1.82 bits per heavy atom. The lowest BCUT2D eigenvalue weighted by atomic mass is 9.89. The topological polar surface area (TPSA) is 46.3 Å². The third-order valence-electron chi connectivity index (χ3n) is 5.14. The van der Waals surface area contributed by atoms with Gasteiger partial charge in [-0.25, -0.2) is 0 Å². The second kappa shape index (κ2) is 7.77. The van der Waals surface area contributed by atoms with Gasteiger partial charge < -0.3 is 10.6 Å². The largest absolute Gasteiger partial charge is 0.342 e. The minimum Gasteiger partial charge on any atom is -0.342 e. The van der Waals surface area contributed by atoms with Crippen LogP contribution in [0.1, 0.15) is 51.6 Å². The highest BCUT2D eigenvalue weighted by Gasteiger charge is 2.28. The van der Waals surface area contributed by atoms with E-state index >= 15 is 0 Å². The number of amides is 1. The van der Waals surface area contributed by atoms with Crippen LogP contribution < -0.4 is 5.73 Å². The first kappa shape index (κ1) is 17.0. The van der Waals surface area contributed by atoms with Crippen LogP contribution >= 0.6 is 0 Å². The molecule has 1 aromatic rings. The fourth-order valence-electron chi connectivity index (χ4n) is 3.41. The molecule has 1 heterocycles. The fraction of sp³-hybridized carbons (Fsp3) is 0.632. The maximum absolute atomic E-state index is 12.8. The Bertz CT molecular complexity index is 472. The number of carbonyl (C=O) groups excluding carboxylic acids is 1. The molecule has 0 spiro atoms. The lowest BCUT2D eigenvalue weighted by Gasteiger charge is -2.28. The zero-order valence-corrected chi connectivity index (χ0v) is 14.2. The molecular formula is C19H30N2O. The van der Waals surface area contributed by atoms with Crippen LogP contribution in [0.4, 0.5) is 0 Å². The van der Waals surface area contributed by atoms with Gasteiger partial charge in [-0.2, -0.15) is 0 Å². The molecule has 0 bridgehead atoms. The average molecular weight is 302 g/mol. The van der Waals surface area contributed by atoms with Crippen LogP contribution in [0.2, 0.25) is 0 Å². The van der Waals surface area contributed by atoms with Crippen molar-refractivity contribution in [3.8, 4) is 0 Å². The first-order chi connectivity index (χ1) is 10.5. The van der Waals surface area contributed by atoms with Crippen LogP contribution in [-0.2, 0) is 4.79 Å². The molecule has 3 atom stereocenters. The Hall–Kier alpha value is -1.35. The van der Waals surface area contributed by atoms with Crippen molar-refractivity contribution >= 4 is 5.91 Å². The van der Waals surface area contributed by atoms with Gasteiger partial charge in [0.25, 0.3) is 0 Å². The van der Waals surface area contributed by atoms with E-state index in [9.17, 15) is 4.79 Å². The number of benzene rings is 1. The van der Waals surface area contributed by atoms with Gasteiger partial charge in [0.1, 0.15) is 0 Å².